The lowest BCUT2D eigenvalue weighted by molar-refractivity contribution is 0.0887. The fraction of sp³-hybridized carbons (Fsp3) is 0.438. The number of hydrogen-bond acceptors (Lipinski definition) is 4. The third-order valence-corrected chi connectivity index (χ3v) is 3.41. The van der Waals surface area contributed by atoms with Crippen LogP contribution in [0.4, 0.5) is 0 Å². The number of piperidine rings is 1. The second-order valence-electron chi connectivity index (χ2n) is 5.20. The molecular weight excluding hydrogens is 266 g/mol. The number of aliphatic hydroxyl groups is 1. The van der Waals surface area contributed by atoms with Crippen molar-refractivity contribution in [2.45, 2.75) is 18.9 Å². The lowest BCUT2D eigenvalue weighted by atomic mass is 10.1. The molecule has 1 fully saturated rings. The van der Waals surface area contributed by atoms with E-state index in [4.69, 9.17) is 10.6 Å². The van der Waals surface area contributed by atoms with Crippen LogP contribution in [0.3, 0.4) is 0 Å². The Labute approximate surface area is 125 Å². The number of nitrogens with zero attached hydrogens (tertiary/aromatic N) is 2. The van der Waals surface area contributed by atoms with Gasteiger partial charge in [0.15, 0.2) is 5.84 Å². The highest BCUT2D eigenvalue weighted by Gasteiger charge is 2.17. The van der Waals surface area contributed by atoms with Gasteiger partial charge in [-0.1, -0.05) is 41.6 Å². The summed E-state index contributed by atoms with van der Waals surface area (Å²) in [6, 6.07) is 10.0. The molecule has 21 heavy (non-hydrogen) atoms. The van der Waals surface area contributed by atoms with Crippen molar-refractivity contribution in [3.63, 3.8) is 0 Å². The van der Waals surface area contributed by atoms with Crippen LogP contribution < -0.4 is 5.73 Å². The molecule has 0 radical (unpaired) electrons. The fourth-order valence-electron chi connectivity index (χ4n) is 2.25. The van der Waals surface area contributed by atoms with Gasteiger partial charge in [0.2, 0.25) is 0 Å². The van der Waals surface area contributed by atoms with Crippen LogP contribution in [-0.2, 0) is 4.84 Å². The van der Waals surface area contributed by atoms with Gasteiger partial charge in [0, 0.05) is 13.1 Å². The number of benzene rings is 1. The fourth-order valence-corrected chi connectivity index (χ4v) is 2.25. The smallest absolute Gasteiger partial charge is 0.153 e. The minimum atomic E-state index is -0.168. The van der Waals surface area contributed by atoms with Crippen molar-refractivity contribution in [3.8, 4) is 0 Å². The quantitative estimate of drug-likeness (QED) is 0.360. The van der Waals surface area contributed by atoms with Gasteiger partial charge >= 0.3 is 0 Å². The Morgan fingerprint density at radius 2 is 2.05 bits per heavy atom. The highest BCUT2D eigenvalue weighted by molar-refractivity contribution is 5.81. The largest absolute Gasteiger partial charge is 0.393 e. The zero-order valence-electron chi connectivity index (χ0n) is 12.2. The predicted molar refractivity (Wildman–Crippen MR) is 84.7 cm³/mol. The van der Waals surface area contributed by atoms with Gasteiger partial charge in [0.1, 0.15) is 6.61 Å². The summed E-state index contributed by atoms with van der Waals surface area (Å²) in [6.45, 7) is 2.69. The molecule has 0 unspecified atom stereocenters. The normalized spacial score (nSPS) is 18.2. The molecule has 1 heterocycles. The van der Waals surface area contributed by atoms with Crippen LogP contribution >= 0.6 is 0 Å². The van der Waals surface area contributed by atoms with Crippen molar-refractivity contribution < 1.29 is 9.94 Å². The highest BCUT2D eigenvalue weighted by atomic mass is 16.6. The summed E-state index contributed by atoms with van der Waals surface area (Å²) >= 11 is 0. The number of hydrogen-bond donors (Lipinski definition) is 2. The number of nitrogens with two attached hydrogens (primary N) is 1. The summed E-state index contributed by atoms with van der Waals surface area (Å²) in [5.41, 5.74) is 6.96. The zero-order valence-corrected chi connectivity index (χ0v) is 12.2. The number of aliphatic hydroxyl groups excluding tert-OH is 1. The Balaban J connectivity index is 1.65. The molecule has 1 aliphatic heterocycles. The number of oxime groups is 1. The summed E-state index contributed by atoms with van der Waals surface area (Å²) in [7, 11) is 0. The maximum Gasteiger partial charge on any atom is 0.153 e. The maximum absolute atomic E-state index is 9.44. The van der Waals surface area contributed by atoms with E-state index in [0.717, 1.165) is 31.5 Å². The minimum absolute atomic E-state index is 0.168. The van der Waals surface area contributed by atoms with Crippen molar-refractivity contribution in [2.24, 2.45) is 10.9 Å². The molecule has 1 aromatic rings. The Morgan fingerprint density at radius 1 is 1.33 bits per heavy atom. The van der Waals surface area contributed by atoms with Gasteiger partial charge in [-0.05, 0) is 24.5 Å². The maximum atomic E-state index is 9.44. The van der Waals surface area contributed by atoms with Crippen molar-refractivity contribution in [3.05, 3.63) is 42.0 Å². The second kappa shape index (κ2) is 8.44. The molecule has 1 aliphatic rings. The highest BCUT2D eigenvalue weighted by Crippen LogP contribution is 2.09. The van der Waals surface area contributed by atoms with E-state index in [1.54, 1.807) is 0 Å². The minimum Gasteiger partial charge on any atom is -0.393 e. The molecule has 0 aliphatic carbocycles. The second-order valence-corrected chi connectivity index (χ2v) is 5.20. The first kappa shape index (κ1) is 15.5. The van der Waals surface area contributed by atoms with Crippen molar-refractivity contribution in [1.82, 2.24) is 4.90 Å². The molecule has 1 aromatic carbocycles. The van der Waals surface area contributed by atoms with Gasteiger partial charge < -0.3 is 15.7 Å². The first-order valence-corrected chi connectivity index (χ1v) is 7.30. The SMILES string of the molecule is N/C(CN1CCC(O)CC1)=N/OCC=Cc1ccccc1. The van der Waals surface area contributed by atoms with Crippen LogP contribution in [0.15, 0.2) is 41.6 Å². The first-order valence-electron chi connectivity index (χ1n) is 7.30. The van der Waals surface area contributed by atoms with Crippen molar-refractivity contribution >= 4 is 11.9 Å². The molecule has 0 saturated carbocycles. The molecule has 0 atom stereocenters. The third-order valence-electron chi connectivity index (χ3n) is 3.41. The average Bonchev–Trinajstić information content (AvgIpc) is 2.50. The van der Waals surface area contributed by atoms with Crippen molar-refractivity contribution in [2.75, 3.05) is 26.2 Å². The molecule has 0 aromatic heterocycles. The summed E-state index contributed by atoms with van der Waals surface area (Å²) < 4.78 is 0. The number of rotatable bonds is 6. The van der Waals surface area contributed by atoms with Crippen LogP contribution in [-0.4, -0.2) is 48.2 Å². The van der Waals surface area contributed by atoms with Crippen LogP contribution in [0, 0.1) is 0 Å². The molecule has 1 saturated heterocycles. The Morgan fingerprint density at radius 3 is 2.76 bits per heavy atom. The summed E-state index contributed by atoms with van der Waals surface area (Å²) in [4.78, 5) is 7.36. The van der Waals surface area contributed by atoms with Gasteiger partial charge in [0.25, 0.3) is 0 Å². The van der Waals surface area contributed by atoms with Gasteiger partial charge in [-0.25, -0.2) is 0 Å². The van der Waals surface area contributed by atoms with Crippen LogP contribution in [0.5, 0.6) is 0 Å². The molecule has 0 amide bonds. The van der Waals surface area contributed by atoms with Crippen LogP contribution in [0.25, 0.3) is 6.08 Å². The van der Waals surface area contributed by atoms with E-state index in [-0.39, 0.29) is 6.10 Å². The van der Waals surface area contributed by atoms with E-state index in [1.807, 2.05) is 42.5 Å². The topological polar surface area (TPSA) is 71.1 Å². The number of likely N-dealkylation sites (tertiary alicyclic amines) is 1. The van der Waals surface area contributed by atoms with Gasteiger partial charge in [-0.2, -0.15) is 0 Å². The molecule has 5 nitrogen and oxygen atoms in total. The van der Waals surface area contributed by atoms with E-state index in [1.165, 1.54) is 0 Å². The molecule has 3 N–H and O–H groups in total. The Hall–Kier alpha value is -1.85. The number of amidine groups is 1. The predicted octanol–water partition coefficient (Wildman–Crippen LogP) is 1.45. The van der Waals surface area contributed by atoms with Crippen LogP contribution in [0.2, 0.25) is 0 Å². The lowest BCUT2D eigenvalue weighted by Crippen LogP contribution is -2.41. The standard InChI is InChI=1S/C16H23N3O2/c17-16(13-19-10-8-15(20)9-11-19)18-21-12-4-7-14-5-2-1-3-6-14/h1-7,15,20H,8-13H2,(H2,17,18). The van der Waals surface area contributed by atoms with Gasteiger partial charge in [-0.3, -0.25) is 4.90 Å². The van der Waals surface area contributed by atoms with Gasteiger partial charge in [-0.15, -0.1) is 0 Å². The molecule has 0 bridgehead atoms. The average molecular weight is 289 g/mol. The molecule has 5 heteroatoms. The van der Waals surface area contributed by atoms with E-state index in [9.17, 15) is 5.11 Å². The van der Waals surface area contributed by atoms with E-state index < -0.39 is 0 Å². The summed E-state index contributed by atoms with van der Waals surface area (Å²) in [5.74, 6) is 0.472. The van der Waals surface area contributed by atoms with E-state index in [0.29, 0.717) is 19.0 Å². The molecule has 114 valence electrons. The van der Waals surface area contributed by atoms with E-state index >= 15 is 0 Å². The zero-order chi connectivity index (χ0) is 14.9. The lowest BCUT2D eigenvalue weighted by Gasteiger charge is -2.28. The third kappa shape index (κ3) is 5.97. The van der Waals surface area contributed by atoms with Crippen molar-refractivity contribution in [1.29, 1.82) is 0 Å². The summed E-state index contributed by atoms with van der Waals surface area (Å²) in [6.07, 6.45) is 5.32. The molecule has 0 spiro atoms. The monoisotopic (exact) mass is 289 g/mol. The van der Waals surface area contributed by atoms with Crippen LogP contribution in [0.1, 0.15) is 18.4 Å². The Kier molecular flexibility index (Phi) is 6.24. The molecule has 2 rings (SSSR count). The Bertz CT molecular complexity index is 466. The first-order chi connectivity index (χ1) is 10.2. The van der Waals surface area contributed by atoms with Gasteiger partial charge in [0.05, 0.1) is 12.6 Å². The molecular formula is C16H23N3O2. The summed E-state index contributed by atoms with van der Waals surface area (Å²) in [5, 5.41) is 13.3. The van der Waals surface area contributed by atoms with E-state index in [2.05, 4.69) is 10.1 Å².